The number of phosphoric acid groups is 3. The van der Waals surface area contributed by atoms with E-state index in [1.165, 1.54) is 12.8 Å². The van der Waals surface area contributed by atoms with Gasteiger partial charge in [-0.3, -0.25) is 28.0 Å². The van der Waals surface area contributed by atoms with Crippen molar-refractivity contribution < 1.29 is 85.2 Å². The van der Waals surface area contributed by atoms with Gasteiger partial charge in [-0.1, -0.05) is 181 Å². The normalized spacial score (nSPS) is 20.6. The molecule has 0 aliphatic heterocycles. The van der Waals surface area contributed by atoms with Crippen molar-refractivity contribution in [2.75, 3.05) is 0 Å². The lowest BCUT2D eigenvalue weighted by Crippen LogP contribution is -2.67. The summed E-state index contributed by atoms with van der Waals surface area (Å²) in [5, 5.41) is 0. The number of esters is 3. The van der Waals surface area contributed by atoms with E-state index in [0.717, 1.165) is 128 Å². The van der Waals surface area contributed by atoms with Gasteiger partial charge in [-0.15, -0.1) is 0 Å². The molecule has 0 amide bonds. The lowest BCUT2D eigenvalue weighted by Gasteiger charge is -2.47. The van der Waals surface area contributed by atoms with Crippen LogP contribution in [0.4, 0.5) is 0 Å². The zero-order valence-electron chi connectivity index (χ0n) is 38.8. The molecule has 1 aliphatic carbocycles. The first-order chi connectivity index (χ1) is 30.3. The number of carbonyl (C=O) groups excluding carboxylic acids is 3. The van der Waals surface area contributed by atoms with Crippen molar-refractivity contribution in [3.63, 3.8) is 0 Å². The Kier molecular flexibility index (Phi) is 33.2. The predicted octanol–water partition coefficient (Wildman–Crippen LogP) is 10.3. The summed E-state index contributed by atoms with van der Waals surface area (Å²) in [7, 11) is -17.3. The maximum atomic E-state index is 13.6. The van der Waals surface area contributed by atoms with Crippen molar-refractivity contribution in [3.8, 4) is 0 Å². The summed E-state index contributed by atoms with van der Waals surface area (Å²) in [5.41, 5.74) is 0. The van der Waals surface area contributed by atoms with Crippen LogP contribution >= 0.6 is 23.5 Å². The van der Waals surface area contributed by atoms with Gasteiger partial charge >= 0.3 is 41.4 Å². The third-order valence-corrected chi connectivity index (χ3v) is 12.8. The molecule has 1 fully saturated rings. The molecule has 0 aromatic heterocycles. The van der Waals surface area contributed by atoms with E-state index >= 15 is 0 Å². The second-order valence-corrected chi connectivity index (χ2v) is 20.7. The summed E-state index contributed by atoms with van der Waals surface area (Å²) in [6.45, 7) is 6.41. The molecule has 0 radical (unpaired) electrons. The second-order valence-electron chi connectivity index (χ2n) is 17.1. The minimum atomic E-state index is -5.77. The molecule has 2 unspecified atom stereocenters. The van der Waals surface area contributed by atoms with Gasteiger partial charge in [0.25, 0.3) is 0 Å². The Labute approximate surface area is 382 Å². The van der Waals surface area contributed by atoms with Crippen LogP contribution in [0.5, 0.6) is 0 Å². The summed E-state index contributed by atoms with van der Waals surface area (Å²) < 4.78 is 69.1. The minimum Gasteiger partial charge on any atom is -0.455 e. The van der Waals surface area contributed by atoms with Crippen LogP contribution in [0.3, 0.4) is 0 Å². The van der Waals surface area contributed by atoms with Crippen LogP contribution in [0, 0.1) is 0 Å². The Morgan fingerprint density at radius 1 is 0.312 bits per heavy atom. The Morgan fingerprint density at radius 2 is 0.484 bits per heavy atom. The van der Waals surface area contributed by atoms with Gasteiger partial charge in [0.1, 0.15) is 18.3 Å². The molecule has 0 heterocycles. The van der Waals surface area contributed by atoms with E-state index in [1.54, 1.807) is 0 Å². The highest BCUT2D eigenvalue weighted by molar-refractivity contribution is 7.47. The van der Waals surface area contributed by atoms with Crippen LogP contribution < -0.4 is 0 Å². The van der Waals surface area contributed by atoms with E-state index in [2.05, 4.69) is 20.8 Å². The Hall–Kier alpha value is -1.26. The van der Waals surface area contributed by atoms with E-state index in [1.807, 2.05) is 0 Å². The van der Waals surface area contributed by atoms with Gasteiger partial charge in [0.2, 0.25) is 0 Å². The fraction of sp³-hybridized carbons (Fsp3) is 0.930. The molecule has 0 bridgehead atoms. The van der Waals surface area contributed by atoms with Crippen molar-refractivity contribution in [3.05, 3.63) is 0 Å². The molecular formula is C43H83O18P3. The molecule has 1 aliphatic rings. The molecule has 378 valence electrons. The molecule has 6 N–H and O–H groups in total. The number of rotatable bonds is 40. The van der Waals surface area contributed by atoms with E-state index in [9.17, 15) is 57.4 Å². The smallest absolute Gasteiger partial charge is 0.455 e. The van der Waals surface area contributed by atoms with Crippen LogP contribution in [0.1, 0.15) is 220 Å². The summed E-state index contributed by atoms with van der Waals surface area (Å²) in [5.74, 6) is -2.94. The van der Waals surface area contributed by atoms with Crippen LogP contribution in [0.25, 0.3) is 0 Å². The number of unbranched alkanes of at least 4 members (excludes halogenated alkanes) is 25. The van der Waals surface area contributed by atoms with Crippen LogP contribution in [0.2, 0.25) is 0 Å². The lowest BCUT2D eigenvalue weighted by atomic mass is 9.84. The summed E-state index contributed by atoms with van der Waals surface area (Å²) in [6, 6.07) is 0. The Bertz CT molecular complexity index is 1330. The molecule has 1 saturated carbocycles. The number of hydrogen-bond acceptors (Lipinski definition) is 12. The van der Waals surface area contributed by atoms with E-state index in [4.69, 9.17) is 27.8 Å². The molecule has 64 heavy (non-hydrogen) atoms. The third kappa shape index (κ3) is 30.9. The highest BCUT2D eigenvalue weighted by atomic mass is 31.2. The van der Waals surface area contributed by atoms with Crippen LogP contribution in [-0.4, -0.2) is 83.9 Å². The van der Waals surface area contributed by atoms with E-state index < -0.39 is 78.0 Å². The Balaban J connectivity index is 3.49. The number of carbonyl (C=O) groups is 3. The van der Waals surface area contributed by atoms with Gasteiger partial charge < -0.3 is 43.6 Å². The maximum Gasteiger partial charge on any atom is 0.470 e. The zero-order valence-corrected chi connectivity index (χ0v) is 41.5. The summed E-state index contributed by atoms with van der Waals surface area (Å²) in [6.07, 6.45) is 11.1. The molecular weight excluding hydrogens is 897 g/mol. The Morgan fingerprint density at radius 3 is 0.688 bits per heavy atom. The molecule has 21 heteroatoms. The molecule has 0 aromatic carbocycles. The van der Waals surface area contributed by atoms with Gasteiger partial charge in [0, 0.05) is 19.3 Å². The van der Waals surface area contributed by atoms with E-state index in [-0.39, 0.29) is 19.3 Å². The minimum absolute atomic E-state index is 0.221. The predicted molar refractivity (Wildman–Crippen MR) is 241 cm³/mol. The molecule has 6 atom stereocenters. The van der Waals surface area contributed by atoms with Gasteiger partial charge in [-0.05, 0) is 19.3 Å². The average Bonchev–Trinajstić information content (AvgIpc) is 3.19. The molecule has 0 aromatic rings. The maximum absolute atomic E-state index is 13.6. The standard InChI is InChI=1S/C43H83O18P3/c1-4-7-10-13-16-19-22-25-28-29-32-35(44)56-38-39(57-36(45)33-30-26-23-20-17-14-11-8-5-2)41(59-62(47,48)49)43(61-64(53,54)55)42(60-63(50,51)52)40(38)58-37(46)34-31-27-24-21-18-15-12-9-6-3/h38-43H,4-34H2,1-3H3,(H2,47,48,49)(H2,50,51,52)(H2,53,54,55)/t38?,39-,40-,41-,42+,43?/m1/s1. The first-order valence-corrected chi connectivity index (χ1v) is 28.7. The van der Waals surface area contributed by atoms with E-state index in [0.29, 0.717) is 38.5 Å². The summed E-state index contributed by atoms with van der Waals surface area (Å²) in [4.78, 5) is 101. The molecule has 1 rings (SSSR count). The second kappa shape index (κ2) is 34.9. The number of hydrogen-bond donors (Lipinski definition) is 6. The first kappa shape index (κ1) is 60.8. The van der Waals surface area contributed by atoms with Crippen molar-refractivity contribution in [2.45, 2.75) is 256 Å². The SMILES string of the molecule is CCCCCCCCCCCCC(=O)OC1[C@@H](OC(=O)CCCCCCCCCCC)[C@H](OP(=O)(O)O)C(OP(=O)(O)O)[C@H](OP(=O)(O)O)[C@@H]1OC(=O)CCCCCCCCCCC. The van der Waals surface area contributed by atoms with Crippen LogP contribution in [-0.2, 0) is 55.9 Å². The largest absolute Gasteiger partial charge is 0.470 e. The van der Waals surface area contributed by atoms with Crippen molar-refractivity contribution in [1.29, 1.82) is 0 Å². The van der Waals surface area contributed by atoms with Gasteiger partial charge in [0.15, 0.2) is 18.3 Å². The third-order valence-electron chi connectivity index (χ3n) is 11.2. The van der Waals surface area contributed by atoms with Crippen molar-refractivity contribution in [1.82, 2.24) is 0 Å². The quantitative estimate of drug-likeness (QED) is 0.0144. The zero-order chi connectivity index (χ0) is 47.9. The van der Waals surface area contributed by atoms with Crippen molar-refractivity contribution in [2.24, 2.45) is 0 Å². The van der Waals surface area contributed by atoms with Gasteiger partial charge in [-0.2, -0.15) is 0 Å². The monoisotopic (exact) mass is 980 g/mol. The first-order valence-electron chi connectivity index (χ1n) is 24.1. The fourth-order valence-electron chi connectivity index (χ4n) is 7.91. The van der Waals surface area contributed by atoms with Crippen molar-refractivity contribution >= 4 is 41.4 Å². The summed E-state index contributed by atoms with van der Waals surface area (Å²) >= 11 is 0. The van der Waals surface area contributed by atoms with Gasteiger partial charge in [-0.25, -0.2) is 13.7 Å². The fourth-order valence-corrected chi connectivity index (χ4v) is 9.58. The molecule has 18 nitrogen and oxygen atoms in total. The highest BCUT2D eigenvalue weighted by Crippen LogP contribution is 2.51. The van der Waals surface area contributed by atoms with Gasteiger partial charge in [0.05, 0.1) is 0 Å². The number of ether oxygens (including phenoxy) is 3. The van der Waals surface area contributed by atoms with Crippen LogP contribution in [0.15, 0.2) is 0 Å². The highest BCUT2D eigenvalue weighted by Gasteiger charge is 2.62. The topological polar surface area (TPSA) is 279 Å². The number of phosphoric ester groups is 3. The average molecular weight is 981 g/mol. The molecule has 0 saturated heterocycles. The lowest BCUT2D eigenvalue weighted by molar-refractivity contribution is -0.241. The molecule has 0 spiro atoms.